The lowest BCUT2D eigenvalue weighted by molar-refractivity contribution is 0.598. The highest BCUT2D eigenvalue weighted by molar-refractivity contribution is 9.10. The molecule has 0 saturated heterocycles. The molecule has 0 amide bonds. The maximum absolute atomic E-state index is 11.1. The number of sulfone groups is 1. The van der Waals surface area contributed by atoms with Crippen molar-refractivity contribution in [3.63, 3.8) is 0 Å². The lowest BCUT2D eigenvalue weighted by Gasteiger charge is -2.15. The van der Waals surface area contributed by atoms with Crippen molar-refractivity contribution < 1.29 is 8.42 Å². The first-order valence-corrected chi connectivity index (χ1v) is 7.83. The Morgan fingerprint density at radius 2 is 2.00 bits per heavy atom. The fourth-order valence-corrected chi connectivity index (χ4v) is 3.20. The molecule has 1 aromatic rings. The van der Waals surface area contributed by atoms with Crippen LogP contribution in [0.5, 0.6) is 0 Å². The normalized spacial score (nSPS) is 13.5. The molecule has 0 fully saturated rings. The highest BCUT2D eigenvalue weighted by atomic mass is 79.9. The Hall–Kier alpha value is -0.550. The molecule has 0 aliphatic rings. The molecule has 0 aliphatic heterocycles. The molecule has 0 aromatic heterocycles. The zero-order valence-corrected chi connectivity index (χ0v) is 12.0. The van der Waals surface area contributed by atoms with Gasteiger partial charge in [0.25, 0.3) is 0 Å². The quantitative estimate of drug-likeness (QED) is 0.930. The number of halogens is 1. The van der Waals surface area contributed by atoms with E-state index >= 15 is 0 Å². The van der Waals surface area contributed by atoms with E-state index in [4.69, 9.17) is 0 Å². The Morgan fingerprint density at radius 3 is 2.50 bits per heavy atom. The van der Waals surface area contributed by atoms with Crippen LogP contribution in [0.1, 0.15) is 12.5 Å². The molecule has 1 aromatic carbocycles. The molecule has 0 bridgehead atoms. The van der Waals surface area contributed by atoms with Gasteiger partial charge in [-0.2, -0.15) is 0 Å². The lowest BCUT2D eigenvalue weighted by atomic mass is 10.2. The first kappa shape index (κ1) is 13.5. The van der Waals surface area contributed by atoms with Crippen molar-refractivity contribution in [2.24, 2.45) is 0 Å². The van der Waals surface area contributed by atoms with Gasteiger partial charge in [0.05, 0.1) is 5.75 Å². The summed E-state index contributed by atoms with van der Waals surface area (Å²) in [5, 5.41) is 3.17. The molecule has 1 rings (SSSR count). The monoisotopic (exact) mass is 305 g/mol. The van der Waals surface area contributed by atoms with Gasteiger partial charge in [-0.3, -0.25) is 0 Å². The van der Waals surface area contributed by atoms with Gasteiger partial charge in [0.2, 0.25) is 0 Å². The van der Waals surface area contributed by atoms with Gasteiger partial charge >= 0.3 is 0 Å². The molecule has 0 aliphatic carbocycles. The van der Waals surface area contributed by atoms with Gasteiger partial charge < -0.3 is 5.32 Å². The van der Waals surface area contributed by atoms with Gasteiger partial charge in [-0.15, -0.1) is 0 Å². The van der Waals surface area contributed by atoms with Gasteiger partial charge in [-0.1, -0.05) is 15.9 Å². The van der Waals surface area contributed by atoms with Crippen molar-refractivity contribution in [2.75, 3.05) is 17.3 Å². The Kier molecular flexibility index (Phi) is 4.38. The standard InChI is InChI=1S/C11H16BrNO2S/c1-8-4-10(12)6-11(5-8)13-9(2)7-16(3,14)15/h4-6,9,13H,7H2,1-3H3. The SMILES string of the molecule is Cc1cc(Br)cc(NC(C)CS(C)(=O)=O)c1. The summed E-state index contributed by atoms with van der Waals surface area (Å²) in [6, 6.07) is 5.84. The minimum atomic E-state index is -2.94. The van der Waals surface area contributed by atoms with Crippen LogP contribution in [-0.2, 0) is 9.84 Å². The number of anilines is 1. The van der Waals surface area contributed by atoms with Crippen LogP contribution in [0.25, 0.3) is 0 Å². The van der Waals surface area contributed by atoms with Crippen LogP contribution in [-0.4, -0.2) is 26.5 Å². The third-order valence-electron chi connectivity index (χ3n) is 2.01. The summed E-state index contributed by atoms with van der Waals surface area (Å²) in [7, 11) is -2.94. The van der Waals surface area contributed by atoms with Crippen molar-refractivity contribution in [3.8, 4) is 0 Å². The van der Waals surface area contributed by atoms with Gasteiger partial charge in [0, 0.05) is 22.5 Å². The van der Waals surface area contributed by atoms with Crippen molar-refractivity contribution in [1.82, 2.24) is 0 Å². The fourth-order valence-electron chi connectivity index (χ4n) is 1.60. The third kappa shape index (κ3) is 4.99. The van der Waals surface area contributed by atoms with E-state index < -0.39 is 9.84 Å². The van der Waals surface area contributed by atoms with E-state index in [1.54, 1.807) is 0 Å². The number of benzene rings is 1. The van der Waals surface area contributed by atoms with Crippen LogP contribution >= 0.6 is 15.9 Å². The zero-order chi connectivity index (χ0) is 12.3. The van der Waals surface area contributed by atoms with Crippen molar-refractivity contribution in [3.05, 3.63) is 28.2 Å². The van der Waals surface area contributed by atoms with Crippen LogP contribution in [0.2, 0.25) is 0 Å². The first-order valence-electron chi connectivity index (χ1n) is 4.98. The lowest BCUT2D eigenvalue weighted by Crippen LogP contribution is -2.24. The number of rotatable bonds is 4. The minimum absolute atomic E-state index is 0.0938. The molecule has 16 heavy (non-hydrogen) atoms. The van der Waals surface area contributed by atoms with E-state index in [-0.39, 0.29) is 11.8 Å². The summed E-state index contributed by atoms with van der Waals surface area (Å²) in [6.45, 7) is 3.86. The van der Waals surface area contributed by atoms with Gasteiger partial charge in [0.1, 0.15) is 9.84 Å². The van der Waals surface area contributed by atoms with Crippen LogP contribution < -0.4 is 5.32 Å². The summed E-state index contributed by atoms with van der Waals surface area (Å²) in [5.41, 5.74) is 2.06. The molecule has 1 atom stereocenters. The second-order valence-electron chi connectivity index (χ2n) is 4.16. The molecule has 90 valence electrons. The molecule has 3 nitrogen and oxygen atoms in total. The predicted octanol–water partition coefficient (Wildman–Crippen LogP) is 2.60. The van der Waals surface area contributed by atoms with Gasteiger partial charge in [0.15, 0.2) is 0 Å². The van der Waals surface area contributed by atoms with E-state index in [9.17, 15) is 8.42 Å². The smallest absolute Gasteiger partial charge is 0.149 e. The van der Waals surface area contributed by atoms with E-state index in [0.29, 0.717) is 0 Å². The van der Waals surface area contributed by atoms with Crippen LogP contribution in [0.4, 0.5) is 5.69 Å². The largest absolute Gasteiger partial charge is 0.382 e. The van der Waals surface area contributed by atoms with Gasteiger partial charge in [-0.25, -0.2) is 8.42 Å². The molecule has 0 heterocycles. The maximum atomic E-state index is 11.1. The van der Waals surface area contributed by atoms with E-state index in [2.05, 4.69) is 21.2 Å². The summed E-state index contributed by atoms with van der Waals surface area (Å²) >= 11 is 3.41. The summed E-state index contributed by atoms with van der Waals surface area (Å²) < 4.78 is 23.2. The summed E-state index contributed by atoms with van der Waals surface area (Å²) in [4.78, 5) is 0. The third-order valence-corrected chi connectivity index (χ3v) is 3.57. The van der Waals surface area contributed by atoms with Gasteiger partial charge in [-0.05, 0) is 37.6 Å². The molecule has 1 unspecified atom stereocenters. The fraction of sp³-hybridized carbons (Fsp3) is 0.455. The summed E-state index contributed by atoms with van der Waals surface area (Å²) in [5.74, 6) is 0.137. The van der Waals surface area contributed by atoms with Crippen LogP contribution in [0.15, 0.2) is 22.7 Å². The highest BCUT2D eigenvalue weighted by Gasteiger charge is 2.10. The van der Waals surface area contributed by atoms with Crippen LogP contribution in [0, 0.1) is 6.92 Å². The maximum Gasteiger partial charge on any atom is 0.149 e. The molecule has 0 spiro atoms. The van der Waals surface area contributed by atoms with Crippen molar-refractivity contribution >= 4 is 31.5 Å². The second-order valence-corrected chi connectivity index (χ2v) is 7.26. The number of nitrogens with one attached hydrogen (secondary N) is 1. The first-order chi connectivity index (χ1) is 7.26. The average molecular weight is 306 g/mol. The topological polar surface area (TPSA) is 46.2 Å². The van der Waals surface area contributed by atoms with Crippen LogP contribution in [0.3, 0.4) is 0 Å². The average Bonchev–Trinajstić information content (AvgIpc) is 1.96. The van der Waals surface area contributed by atoms with E-state index in [1.165, 1.54) is 6.26 Å². The van der Waals surface area contributed by atoms with E-state index in [1.807, 2.05) is 32.0 Å². The molecule has 0 saturated carbocycles. The molecule has 0 radical (unpaired) electrons. The number of hydrogen-bond donors (Lipinski definition) is 1. The van der Waals surface area contributed by atoms with E-state index in [0.717, 1.165) is 15.7 Å². The second kappa shape index (κ2) is 5.19. The number of aryl methyl sites for hydroxylation is 1. The predicted molar refractivity (Wildman–Crippen MR) is 71.7 cm³/mol. The Labute approximate surface area is 105 Å². The highest BCUT2D eigenvalue weighted by Crippen LogP contribution is 2.19. The molecular formula is C11H16BrNO2S. The molecule has 1 N–H and O–H groups in total. The summed E-state index contributed by atoms with van der Waals surface area (Å²) in [6.07, 6.45) is 1.25. The molecular weight excluding hydrogens is 290 g/mol. The zero-order valence-electron chi connectivity index (χ0n) is 9.62. The molecule has 5 heteroatoms. The Balaban J connectivity index is 2.73. The Bertz CT molecular complexity index is 451. The number of hydrogen-bond acceptors (Lipinski definition) is 3. The Morgan fingerprint density at radius 1 is 1.38 bits per heavy atom. The minimum Gasteiger partial charge on any atom is -0.382 e. The van der Waals surface area contributed by atoms with Crippen molar-refractivity contribution in [2.45, 2.75) is 19.9 Å². The van der Waals surface area contributed by atoms with Crippen molar-refractivity contribution in [1.29, 1.82) is 0 Å².